The zero-order valence-electron chi connectivity index (χ0n) is 12.0. The van der Waals surface area contributed by atoms with Crippen molar-refractivity contribution < 1.29 is 23.7 Å². The highest BCUT2D eigenvalue weighted by molar-refractivity contribution is 9.11. The molecule has 0 bridgehead atoms. The van der Waals surface area contributed by atoms with E-state index in [-0.39, 0.29) is 12.0 Å². The SMILES string of the molecule is CC(=O)OC1C[C@@H](n2cc(/C=C/Br)c(=O)[nH]c2=O)O[C@H]1COF. The summed E-state index contributed by atoms with van der Waals surface area (Å²) in [6.45, 7) is 0.770. The van der Waals surface area contributed by atoms with Crippen molar-refractivity contribution in [3.63, 3.8) is 0 Å². The molecule has 1 aliphatic rings. The van der Waals surface area contributed by atoms with E-state index in [1.54, 1.807) is 0 Å². The van der Waals surface area contributed by atoms with Crippen LogP contribution < -0.4 is 11.2 Å². The largest absolute Gasteiger partial charge is 0.460 e. The van der Waals surface area contributed by atoms with E-state index in [1.807, 2.05) is 0 Å². The molecule has 0 spiro atoms. The van der Waals surface area contributed by atoms with E-state index in [1.165, 1.54) is 24.2 Å². The normalized spacial score (nSPS) is 24.2. The van der Waals surface area contributed by atoms with E-state index in [9.17, 15) is 18.9 Å². The number of rotatable bonds is 5. The van der Waals surface area contributed by atoms with Crippen LogP contribution in [0.2, 0.25) is 0 Å². The maximum atomic E-state index is 12.1. The van der Waals surface area contributed by atoms with Gasteiger partial charge in [0, 0.05) is 19.5 Å². The lowest BCUT2D eigenvalue weighted by Crippen LogP contribution is -2.33. The van der Waals surface area contributed by atoms with Gasteiger partial charge in [0.05, 0.1) is 5.56 Å². The topological polar surface area (TPSA) is 99.6 Å². The van der Waals surface area contributed by atoms with Gasteiger partial charge in [-0.15, -0.1) is 0 Å². The van der Waals surface area contributed by atoms with Crippen molar-refractivity contribution in [2.45, 2.75) is 31.8 Å². The highest BCUT2D eigenvalue weighted by Crippen LogP contribution is 2.30. The lowest BCUT2D eigenvalue weighted by atomic mass is 10.2. The zero-order chi connectivity index (χ0) is 17.0. The molecule has 1 unspecified atom stereocenters. The summed E-state index contributed by atoms with van der Waals surface area (Å²) in [6, 6.07) is 0. The van der Waals surface area contributed by atoms with Crippen molar-refractivity contribution in [2.24, 2.45) is 0 Å². The lowest BCUT2D eigenvalue weighted by Gasteiger charge is -2.15. The summed E-state index contributed by atoms with van der Waals surface area (Å²) in [7, 11) is 0. The third-order valence-electron chi connectivity index (χ3n) is 3.27. The first kappa shape index (κ1) is 17.6. The van der Waals surface area contributed by atoms with Crippen molar-refractivity contribution in [3.05, 3.63) is 37.6 Å². The summed E-state index contributed by atoms with van der Waals surface area (Å²) in [5.74, 6) is -0.556. The van der Waals surface area contributed by atoms with Gasteiger partial charge in [0.1, 0.15) is 25.0 Å². The molecule has 10 heteroatoms. The summed E-state index contributed by atoms with van der Waals surface area (Å²) < 4.78 is 23.9. The minimum absolute atomic E-state index is 0.122. The van der Waals surface area contributed by atoms with Crippen LogP contribution in [0.25, 0.3) is 6.08 Å². The molecule has 1 saturated heterocycles. The van der Waals surface area contributed by atoms with Crippen LogP contribution in [-0.4, -0.2) is 34.3 Å². The summed E-state index contributed by atoms with van der Waals surface area (Å²) in [4.78, 5) is 41.9. The van der Waals surface area contributed by atoms with Crippen LogP contribution >= 0.6 is 15.9 Å². The van der Waals surface area contributed by atoms with E-state index in [2.05, 4.69) is 25.9 Å². The summed E-state index contributed by atoms with van der Waals surface area (Å²) in [5.41, 5.74) is -1.02. The Morgan fingerprint density at radius 1 is 1.61 bits per heavy atom. The number of aromatic amines is 1. The molecule has 1 aromatic rings. The summed E-state index contributed by atoms with van der Waals surface area (Å²) in [6.07, 6.45) is 0.441. The predicted octanol–water partition coefficient (Wildman–Crippen LogP) is 1.02. The molecule has 0 aromatic carbocycles. The molecule has 0 amide bonds. The number of carbonyl (C=O) groups excluding carboxylic acids is 1. The fourth-order valence-electron chi connectivity index (χ4n) is 2.32. The standard InChI is InChI=1S/C13H14BrFN2O6/c1-7(18)22-9-4-11(23-10(9)6-21-15)17-5-8(2-3-14)12(19)16-13(17)20/h2-3,5,9-11H,4,6H2,1H3,(H,16,19,20)/b3-2+/t9?,10-,11-/m0/s1. The number of esters is 1. The average molecular weight is 393 g/mol. The highest BCUT2D eigenvalue weighted by Gasteiger charge is 2.39. The van der Waals surface area contributed by atoms with Crippen LogP contribution in [0.3, 0.4) is 0 Å². The van der Waals surface area contributed by atoms with Gasteiger partial charge >= 0.3 is 11.7 Å². The molecule has 23 heavy (non-hydrogen) atoms. The number of hydrogen-bond donors (Lipinski definition) is 1. The Bertz CT molecular complexity index is 715. The lowest BCUT2D eigenvalue weighted by molar-refractivity contribution is -0.183. The molecule has 0 aliphatic carbocycles. The first-order chi connectivity index (χ1) is 11.0. The minimum atomic E-state index is -0.858. The number of ether oxygens (including phenoxy) is 2. The second-order valence-corrected chi connectivity index (χ2v) is 5.36. The second kappa shape index (κ2) is 7.66. The smallest absolute Gasteiger partial charge is 0.330 e. The minimum Gasteiger partial charge on any atom is -0.460 e. The van der Waals surface area contributed by atoms with E-state index in [0.717, 1.165) is 4.57 Å². The maximum Gasteiger partial charge on any atom is 0.330 e. The Morgan fingerprint density at radius 3 is 2.96 bits per heavy atom. The molecule has 8 nitrogen and oxygen atoms in total. The molecule has 2 rings (SSSR count). The maximum absolute atomic E-state index is 12.1. The molecule has 3 atom stereocenters. The van der Waals surface area contributed by atoms with Gasteiger partial charge in [-0.2, -0.15) is 4.94 Å². The quantitative estimate of drug-likeness (QED) is 0.751. The molecule has 0 saturated carbocycles. The first-order valence-electron chi connectivity index (χ1n) is 6.64. The Labute approximate surface area is 137 Å². The molecule has 2 heterocycles. The zero-order valence-corrected chi connectivity index (χ0v) is 13.6. The number of carbonyl (C=O) groups is 1. The third kappa shape index (κ3) is 4.15. The second-order valence-electron chi connectivity index (χ2n) is 4.83. The van der Waals surface area contributed by atoms with Gasteiger partial charge in [0.15, 0.2) is 0 Å². The number of halogens is 2. The van der Waals surface area contributed by atoms with E-state index in [0.29, 0.717) is 0 Å². The van der Waals surface area contributed by atoms with Gasteiger partial charge in [-0.1, -0.05) is 15.9 Å². The van der Waals surface area contributed by atoms with Crippen LogP contribution in [0, 0.1) is 0 Å². The van der Waals surface area contributed by atoms with Crippen LogP contribution in [0.15, 0.2) is 20.8 Å². The van der Waals surface area contributed by atoms with Crippen molar-refractivity contribution in [2.75, 3.05) is 6.61 Å². The van der Waals surface area contributed by atoms with Crippen LogP contribution in [-0.2, 0) is 19.2 Å². The van der Waals surface area contributed by atoms with Gasteiger partial charge in [-0.05, 0) is 15.6 Å². The number of aromatic nitrogens is 2. The Hall–Kier alpha value is -1.78. The number of nitrogens with zero attached hydrogens (tertiary/aromatic N) is 1. The molecule has 126 valence electrons. The Morgan fingerprint density at radius 2 is 2.35 bits per heavy atom. The molecule has 1 fully saturated rings. The number of hydrogen-bond acceptors (Lipinski definition) is 6. The fraction of sp³-hybridized carbons (Fsp3) is 0.462. The fourth-order valence-corrected chi connectivity index (χ4v) is 2.61. The number of H-pyrrole nitrogens is 1. The summed E-state index contributed by atoms with van der Waals surface area (Å²) >= 11 is 3.05. The molecular weight excluding hydrogens is 379 g/mol. The van der Waals surface area contributed by atoms with Crippen molar-refractivity contribution in [3.8, 4) is 0 Å². The predicted molar refractivity (Wildman–Crippen MR) is 80.4 cm³/mol. The molecular formula is C13H14BrFN2O6. The third-order valence-corrected chi connectivity index (χ3v) is 3.54. The van der Waals surface area contributed by atoms with Gasteiger partial charge in [0.25, 0.3) is 5.56 Å². The average Bonchev–Trinajstić information content (AvgIpc) is 2.84. The molecule has 1 aliphatic heterocycles. The monoisotopic (exact) mass is 392 g/mol. The van der Waals surface area contributed by atoms with Crippen LogP contribution in [0.4, 0.5) is 4.53 Å². The van der Waals surface area contributed by atoms with Crippen molar-refractivity contribution in [1.29, 1.82) is 0 Å². The number of nitrogens with one attached hydrogen (secondary N) is 1. The van der Waals surface area contributed by atoms with Gasteiger partial charge in [-0.25, -0.2) is 4.79 Å². The molecule has 1 aromatic heterocycles. The highest BCUT2D eigenvalue weighted by atomic mass is 79.9. The molecule has 1 N–H and O–H groups in total. The van der Waals surface area contributed by atoms with Gasteiger partial charge in [0.2, 0.25) is 0 Å². The van der Waals surface area contributed by atoms with E-state index < -0.39 is 42.3 Å². The first-order valence-corrected chi connectivity index (χ1v) is 7.56. The van der Waals surface area contributed by atoms with Gasteiger partial charge in [-0.3, -0.25) is 19.1 Å². The molecule has 0 radical (unpaired) electrons. The Kier molecular flexibility index (Phi) is 5.85. The Balaban J connectivity index is 2.31. The summed E-state index contributed by atoms with van der Waals surface area (Å²) in [5, 5.41) is 0. The van der Waals surface area contributed by atoms with Crippen molar-refractivity contribution in [1.82, 2.24) is 9.55 Å². The van der Waals surface area contributed by atoms with E-state index in [4.69, 9.17) is 9.47 Å². The van der Waals surface area contributed by atoms with E-state index >= 15 is 0 Å². The van der Waals surface area contributed by atoms with Crippen LogP contribution in [0.5, 0.6) is 0 Å². The van der Waals surface area contributed by atoms with Crippen LogP contribution in [0.1, 0.15) is 25.1 Å². The van der Waals surface area contributed by atoms with Gasteiger partial charge < -0.3 is 9.47 Å². The van der Waals surface area contributed by atoms with Crippen molar-refractivity contribution >= 4 is 28.0 Å².